The fourth-order valence-corrected chi connectivity index (χ4v) is 6.10. The molecule has 0 saturated carbocycles. The van der Waals surface area contributed by atoms with E-state index >= 15 is 8.78 Å². The van der Waals surface area contributed by atoms with Gasteiger partial charge in [0.05, 0.1) is 18.2 Å². The third-order valence-electron chi connectivity index (χ3n) is 8.18. The average molecular weight is 536 g/mol. The van der Waals surface area contributed by atoms with Crippen LogP contribution < -0.4 is 9.13 Å². The first-order valence-corrected chi connectivity index (χ1v) is 12.9. The highest BCUT2D eigenvalue weighted by Gasteiger charge is 2.73. The number of aryl methyl sites for hydroxylation is 2. The zero-order chi connectivity index (χ0) is 27.6. The molecule has 2 aliphatic heterocycles. The molecule has 10 heteroatoms. The van der Waals surface area contributed by atoms with E-state index in [0.29, 0.717) is 18.9 Å². The number of ether oxygens (including phenoxy) is 1. The lowest BCUT2D eigenvalue weighted by Crippen LogP contribution is -2.71. The van der Waals surface area contributed by atoms with Gasteiger partial charge in [0.15, 0.2) is 12.0 Å². The standard InChI is InChI=1S/C28H30F5N3O2/c1-5-7-8-9-10-17-11-12-35-20(15-17)21-18(16-19(29)22(23(21)30)28(31,32)33)27(26(35,3)6-2)36-14-13-34(4)24(36)25(37)38-27/h11-16H,5-10H2,1-4H3/q+2. The first kappa shape index (κ1) is 26.3. The molecular formula is C28H30F5N3O2+2. The molecule has 2 aliphatic rings. The first-order chi connectivity index (χ1) is 17.9. The maximum Gasteiger partial charge on any atom is 0.426 e. The summed E-state index contributed by atoms with van der Waals surface area (Å²) in [6.45, 7) is 5.73. The van der Waals surface area contributed by atoms with Gasteiger partial charge < -0.3 is 4.74 Å². The van der Waals surface area contributed by atoms with Crippen molar-refractivity contribution >= 4 is 5.97 Å². The van der Waals surface area contributed by atoms with E-state index in [4.69, 9.17) is 4.74 Å². The molecule has 1 spiro atoms. The maximum absolute atomic E-state index is 16.0. The molecule has 0 radical (unpaired) electrons. The highest BCUT2D eigenvalue weighted by Crippen LogP contribution is 2.54. The van der Waals surface area contributed by atoms with Gasteiger partial charge in [-0.2, -0.15) is 22.3 Å². The van der Waals surface area contributed by atoms with Gasteiger partial charge in [-0.3, -0.25) is 0 Å². The Balaban J connectivity index is 1.85. The molecule has 0 amide bonds. The van der Waals surface area contributed by atoms with E-state index in [1.165, 1.54) is 9.13 Å². The average Bonchev–Trinajstić information content (AvgIpc) is 3.38. The fourth-order valence-electron chi connectivity index (χ4n) is 6.10. The molecule has 2 atom stereocenters. The Labute approximate surface area is 217 Å². The number of alkyl halides is 3. The van der Waals surface area contributed by atoms with Crippen LogP contribution in [0.4, 0.5) is 22.0 Å². The monoisotopic (exact) mass is 535 g/mol. The molecule has 1 aromatic carbocycles. The van der Waals surface area contributed by atoms with E-state index in [2.05, 4.69) is 6.92 Å². The van der Waals surface area contributed by atoms with Crippen molar-refractivity contribution in [3.63, 3.8) is 0 Å². The lowest BCUT2D eigenvalue weighted by molar-refractivity contribution is -0.774. The van der Waals surface area contributed by atoms with Gasteiger partial charge in [0, 0.05) is 25.5 Å². The van der Waals surface area contributed by atoms with E-state index < -0.39 is 46.2 Å². The number of carbonyl (C=O) groups excluding carboxylic acids is 1. The zero-order valence-electron chi connectivity index (χ0n) is 21.8. The highest BCUT2D eigenvalue weighted by atomic mass is 19.4. The third kappa shape index (κ3) is 3.44. The van der Waals surface area contributed by atoms with Crippen molar-refractivity contribution in [3.05, 3.63) is 70.9 Å². The summed E-state index contributed by atoms with van der Waals surface area (Å²) in [4.78, 5) is 13.1. The summed E-state index contributed by atoms with van der Waals surface area (Å²) < 4.78 is 83.5. The van der Waals surface area contributed by atoms with Crippen LogP contribution in [0.25, 0.3) is 11.3 Å². The van der Waals surface area contributed by atoms with Crippen LogP contribution in [0.2, 0.25) is 0 Å². The summed E-state index contributed by atoms with van der Waals surface area (Å²) >= 11 is 0. The second-order valence-corrected chi connectivity index (χ2v) is 10.3. The Morgan fingerprint density at radius 1 is 1.08 bits per heavy atom. The molecule has 2 aromatic heterocycles. The molecule has 5 rings (SSSR count). The van der Waals surface area contributed by atoms with Crippen LogP contribution in [-0.4, -0.2) is 10.5 Å². The summed E-state index contributed by atoms with van der Waals surface area (Å²) in [6, 6.07) is 4.23. The van der Waals surface area contributed by atoms with Crippen LogP contribution in [0.3, 0.4) is 0 Å². The predicted molar refractivity (Wildman–Crippen MR) is 127 cm³/mol. The van der Waals surface area contributed by atoms with Crippen molar-refractivity contribution in [3.8, 4) is 11.3 Å². The van der Waals surface area contributed by atoms with Crippen molar-refractivity contribution in [2.75, 3.05) is 0 Å². The summed E-state index contributed by atoms with van der Waals surface area (Å²) in [6.07, 6.45) is 4.59. The largest absolute Gasteiger partial charge is 0.426 e. The molecule has 0 N–H and O–H groups in total. The van der Waals surface area contributed by atoms with Crippen LogP contribution in [0, 0.1) is 11.6 Å². The van der Waals surface area contributed by atoms with Crippen LogP contribution >= 0.6 is 0 Å². The third-order valence-corrected chi connectivity index (χ3v) is 8.18. The lowest BCUT2D eigenvalue weighted by atomic mass is 9.73. The maximum atomic E-state index is 16.0. The molecule has 3 aromatic rings. The minimum absolute atomic E-state index is 0.118. The minimum Gasteiger partial charge on any atom is -0.399 e. The van der Waals surface area contributed by atoms with Gasteiger partial charge in [0.1, 0.15) is 23.8 Å². The summed E-state index contributed by atoms with van der Waals surface area (Å²) in [5, 5.41) is 0. The molecule has 0 saturated heterocycles. The molecule has 0 fully saturated rings. The van der Waals surface area contributed by atoms with Gasteiger partial charge in [0.25, 0.3) is 0 Å². The number of hydrogen-bond acceptors (Lipinski definition) is 2. The summed E-state index contributed by atoms with van der Waals surface area (Å²) in [5.74, 6) is -4.09. The van der Waals surface area contributed by atoms with Crippen molar-refractivity contribution in [1.29, 1.82) is 0 Å². The molecule has 4 heterocycles. The van der Waals surface area contributed by atoms with Gasteiger partial charge in [-0.1, -0.05) is 33.1 Å². The number of aromatic nitrogens is 3. The van der Waals surface area contributed by atoms with Crippen molar-refractivity contribution < 1.29 is 40.6 Å². The van der Waals surface area contributed by atoms with E-state index in [-0.39, 0.29) is 17.1 Å². The quantitative estimate of drug-likeness (QED) is 0.176. The van der Waals surface area contributed by atoms with Crippen LogP contribution in [0.1, 0.15) is 80.2 Å². The van der Waals surface area contributed by atoms with Gasteiger partial charge >= 0.3 is 23.7 Å². The number of unbranched alkanes of at least 4 members (excludes halogenated alkanes) is 3. The molecule has 0 aliphatic carbocycles. The Bertz CT molecular complexity index is 1450. The zero-order valence-corrected chi connectivity index (χ0v) is 21.8. The van der Waals surface area contributed by atoms with Gasteiger partial charge in [-0.25, -0.2) is 18.1 Å². The number of rotatable bonds is 6. The van der Waals surface area contributed by atoms with Crippen molar-refractivity contribution in [2.45, 2.75) is 76.7 Å². The van der Waals surface area contributed by atoms with E-state index in [1.807, 2.05) is 13.0 Å². The van der Waals surface area contributed by atoms with E-state index in [9.17, 15) is 18.0 Å². The number of benzene rings is 1. The van der Waals surface area contributed by atoms with Gasteiger partial charge in [-0.15, -0.1) is 0 Å². The lowest BCUT2D eigenvalue weighted by Gasteiger charge is -2.42. The van der Waals surface area contributed by atoms with Gasteiger partial charge in [0.2, 0.25) is 11.2 Å². The Morgan fingerprint density at radius 3 is 2.47 bits per heavy atom. The number of halogens is 5. The Morgan fingerprint density at radius 2 is 1.82 bits per heavy atom. The number of carbonyl (C=O) groups is 1. The van der Waals surface area contributed by atoms with Crippen molar-refractivity contribution in [1.82, 2.24) is 4.57 Å². The van der Waals surface area contributed by atoms with Gasteiger partial charge in [-0.05, 0) is 24.5 Å². The fraction of sp³-hybridized carbons (Fsp3) is 0.464. The summed E-state index contributed by atoms with van der Waals surface area (Å²) in [7, 11) is 1.62. The first-order valence-electron chi connectivity index (χ1n) is 12.9. The molecular weight excluding hydrogens is 505 g/mol. The topological polar surface area (TPSA) is 39.0 Å². The highest BCUT2D eigenvalue weighted by molar-refractivity contribution is 5.87. The SMILES string of the molecule is CCCCCCc1cc[n+]2c(c1)-c1c(cc(F)c(C(F)(F)F)c1F)C1(OC(=O)c3n1cc[n+]3C)C2(C)CC. The van der Waals surface area contributed by atoms with Crippen LogP contribution in [0.15, 0.2) is 36.8 Å². The molecule has 202 valence electrons. The normalized spacial score (nSPS) is 21.9. The number of nitrogens with zero attached hydrogens (tertiary/aromatic N) is 3. The molecule has 0 bridgehead atoms. The number of hydrogen-bond donors (Lipinski definition) is 0. The smallest absolute Gasteiger partial charge is 0.399 e. The van der Waals surface area contributed by atoms with Crippen molar-refractivity contribution in [2.24, 2.45) is 7.05 Å². The number of esters is 1. The van der Waals surface area contributed by atoms with Crippen LogP contribution in [-0.2, 0) is 35.6 Å². The molecule has 5 nitrogen and oxygen atoms in total. The number of imidazole rings is 1. The number of pyridine rings is 1. The Hall–Kier alpha value is -3.30. The molecule has 2 unspecified atom stereocenters. The number of fused-ring (bicyclic) bond motifs is 6. The minimum atomic E-state index is -5.26. The molecule has 38 heavy (non-hydrogen) atoms. The second kappa shape index (κ2) is 8.88. The van der Waals surface area contributed by atoms with E-state index in [0.717, 1.165) is 31.2 Å². The van der Waals surface area contributed by atoms with Crippen LogP contribution in [0.5, 0.6) is 0 Å². The van der Waals surface area contributed by atoms with E-state index in [1.54, 1.807) is 43.2 Å². The second-order valence-electron chi connectivity index (χ2n) is 10.3. The predicted octanol–water partition coefficient (Wildman–Crippen LogP) is 5.70. The Kier molecular flexibility index (Phi) is 6.15. The summed E-state index contributed by atoms with van der Waals surface area (Å²) in [5.41, 5.74) is -4.48.